The van der Waals surface area contributed by atoms with Gasteiger partial charge >= 0.3 is 0 Å². The zero-order chi connectivity index (χ0) is 59.2. The molecule has 8 rings (SSSR count). The van der Waals surface area contributed by atoms with Crippen molar-refractivity contribution >= 4 is 99.2 Å². The average molecular weight is 1180 g/mol. The molecule has 0 bridgehead atoms. The van der Waals surface area contributed by atoms with Crippen LogP contribution in [-0.2, 0) is 38.4 Å². The Labute approximate surface area is 487 Å². The van der Waals surface area contributed by atoms with Gasteiger partial charge in [-0.15, -0.1) is 23.1 Å². The van der Waals surface area contributed by atoms with Gasteiger partial charge in [-0.25, -0.2) is 4.98 Å². The van der Waals surface area contributed by atoms with Crippen LogP contribution in [0.3, 0.4) is 0 Å². The van der Waals surface area contributed by atoms with Gasteiger partial charge in [0, 0.05) is 60.2 Å². The number of aromatic nitrogens is 1. The molecule has 4 aromatic carbocycles. The number of thiazole rings is 1. The first-order chi connectivity index (χ1) is 38.9. The number of hydrogen-bond acceptors (Lipinski definition) is 14. The fourth-order valence-corrected chi connectivity index (χ4v) is 12.1. The zero-order valence-corrected chi connectivity index (χ0v) is 48.4. The van der Waals surface area contributed by atoms with E-state index < -0.39 is 102 Å². The summed E-state index contributed by atoms with van der Waals surface area (Å²) in [7, 11) is 0. The normalized spacial score (nSPS) is 23.4. The second-order valence-electron chi connectivity index (χ2n) is 21.6. The molecule has 21 nitrogen and oxygen atoms in total. The Balaban J connectivity index is 1.03. The number of primary amides is 1. The van der Waals surface area contributed by atoms with Gasteiger partial charge in [0.1, 0.15) is 30.2 Å². The maximum Gasteiger partial charge on any atom is 0.251 e. The van der Waals surface area contributed by atoms with Crippen LogP contribution in [0, 0.1) is 12.3 Å². The van der Waals surface area contributed by atoms with Crippen LogP contribution in [0.2, 0.25) is 5.02 Å². The molecule has 3 aliphatic rings. The van der Waals surface area contributed by atoms with Crippen LogP contribution in [-0.4, -0.2) is 136 Å². The van der Waals surface area contributed by atoms with Crippen LogP contribution in [0.1, 0.15) is 86.7 Å². The molecule has 10 N–H and O–H groups in total. The molecule has 2 saturated heterocycles. The fraction of sp³-hybridized carbons (Fsp3) is 0.379. The van der Waals surface area contributed by atoms with Crippen molar-refractivity contribution in [3.63, 3.8) is 0 Å². The summed E-state index contributed by atoms with van der Waals surface area (Å²) >= 11 is 8.50. The number of aliphatic hydroxyl groups is 1. The molecular formula is C58H66ClN11O10S2. The second kappa shape index (κ2) is 25.9. The number of benzene rings is 4. The van der Waals surface area contributed by atoms with E-state index in [1.807, 2.05) is 44.2 Å². The van der Waals surface area contributed by atoms with Crippen LogP contribution in [0.15, 0.2) is 96.5 Å². The first-order valence-corrected chi connectivity index (χ1v) is 29.0. The van der Waals surface area contributed by atoms with Crippen LogP contribution < -0.4 is 47.9 Å². The maximum atomic E-state index is 14.4. The summed E-state index contributed by atoms with van der Waals surface area (Å²) in [5.74, 6) is -6.97. The molecule has 0 unspecified atom stereocenters. The quantitative estimate of drug-likeness (QED) is 0.100. The van der Waals surface area contributed by atoms with Crippen molar-refractivity contribution in [3.8, 4) is 21.6 Å². The minimum atomic E-state index is -1.56. The lowest BCUT2D eigenvalue weighted by Crippen LogP contribution is -2.58. The lowest BCUT2D eigenvalue weighted by Gasteiger charge is -2.39. The Hall–Kier alpha value is -7.86. The highest BCUT2D eigenvalue weighted by Gasteiger charge is 2.45. The number of nitrogens with one attached hydrogen (secondary N) is 7. The first-order valence-electron chi connectivity index (χ1n) is 26.6. The predicted octanol–water partition coefficient (Wildman–Crippen LogP) is 4.14. The van der Waals surface area contributed by atoms with E-state index in [1.165, 1.54) is 23.2 Å². The molecule has 4 heterocycles. The van der Waals surface area contributed by atoms with Crippen molar-refractivity contribution in [2.75, 3.05) is 41.4 Å². The number of thioether (sulfide) groups is 1. The Morgan fingerprint density at radius 3 is 2.16 bits per heavy atom. The molecule has 0 radical (unpaired) electrons. The number of rotatable bonds is 9. The van der Waals surface area contributed by atoms with E-state index in [4.69, 9.17) is 17.3 Å². The van der Waals surface area contributed by atoms with E-state index in [9.17, 15) is 48.3 Å². The van der Waals surface area contributed by atoms with E-state index in [0.717, 1.165) is 56.0 Å². The van der Waals surface area contributed by atoms with E-state index in [2.05, 4.69) is 42.2 Å². The van der Waals surface area contributed by atoms with Crippen molar-refractivity contribution in [2.24, 2.45) is 11.1 Å². The van der Waals surface area contributed by atoms with E-state index >= 15 is 0 Å². The van der Waals surface area contributed by atoms with Gasteiger partial charge in [0.15, 0.2) is 0 Å². The monoisotopic (exact) mass is 1180 g/mol. The highest BCUT2D eigenvalue weighted by Crippen LogP contribution is 2.41. The molecule has 1 aromatic heterocycles. The molecule has 432 valence electrons. The average Bonchev–Trinajstić information content (AvgIpc) is 4.03. The van der Waals surface area contributed by atoms with Gasteiger partial charge in [0.25, 0.3) is 5.91 Å². The molecule has 0 spiro atoms. The zero-order valence-electron chi connectivity index (χ0n) is 46.0. The number of aliphatic hydroxyl groups excluding tert-OH is 1. The molecule has 2 fully saturated rings. The minimum absolute atomic E-state index is 0.0864. The highest BCUT2D eigenvalue weighted by atomic mass is 35.5. The summed E-state index contributed by atoms with van der Waals surface area (Å²) < 4.78 is 0. The van der Waals surface area contributed by atoms with Gasteiger partial charge < -0.3 is 57.9 Å². The van der Waals surface area contributed by atoms with Gasteiger partial charge in [-0.3, -0.25) is 43.2 Å². The number of amides is 9. The van der Waals surface area contributed by atoms with Crippen molar-refractivity contribution in [2.45, 2.75) is 103 Å². The van der Waals surface area contributed by atoms with Crippen LogP contribution in [0.25, 0.3) is 21.6 Å². The van der Waals surface area contributed by atoms with Crippen molar-refractivity contribution in [3.05, 3.63) is 124 Å². The third-order valence-corrected chi connectivity index (χ3v) is 16.8. The van der Waals surface area contributed by atoms with Crippen LogP contribution >= 0.6 is 34.7 Å². The van der Waals surface area contributed by atoms with Crippen LogP contribution in [0.4, 0.5) is 11.4 Å². The number of hydrogen-bond donors (Lipinski definition) is 9. The Kier molecular flexibility index (Phi) is 19.1. The number of carbonyl (C=O) groups is 9. The van der Waals surface area contributed by atoms with Gasteiger partial charge in [-0.1, -0.05) is 74.8 Å². The number of nitrogens with two attached hydrogens (primary N) is 1. The molecule has 5 aromatic rings. The summed E-state index contributed by atoms with van der Waals surface area (Å²) in [5, 5.41) is 30.8. The Morgan fingerprint density at radius 2 is 1.51 bits per heavy atom. The van der Waals surface area contributed by atoms with Crippen molar-refractivity contribution in [1.82, 2.24) is 41.8 Å². The third kappa shape index (κ3) is 14.4. The number of nitrogens with zero attached hydrogens (tertiary/aromatic N) is 3. The number of fused-ring (bicyclic) bond motifs is 2. The number of anilines is 2. The number of carbonyl (C=O) groups excluding carboxylic acids is 9. The molecule has 9 amide bonds. The minimum Gasteiger partial charge on any atom is -0.391 e. The summed E-state index contributed by atoms with van der Waals surface area (Å²) in [4.78, 5) is 132. The van der Waals surface area contributed by atoms with Crippen LogP contribution in [0.5, 0.6) is 0 Å². The Bertz CT molecular complexity index is 3250. The number of aryl methyl sites for hydroxylation is 1. The molecular weight excluding hydrogens is 1110 g/mol. The van der Waals surface area contributed by atoms with Crippen molar-refractivity contribution < 1.29 is 48.3 Å². The van der Waals surface area contributed by atoms with Gasteiger partial charge in [0.2, 0.25) is 47.3 Å². The second-order valence-corrected chi connectivity index (χ2v) is 24.0. The molecule has 24 heteroatoms. The van der Waals surface area contributed by atoms with Gasteiger partial charge in [0.05, 0.1) is 40.5 Å². The molecule has 8 atom stereocenters. The van der Waals surface area contributed by atoms with E-state index in [-0.39, 0.29) is 48.0 Å². The fourth-order valence-electron chi connectivity index (χ4n) is 10.2. The van der Waals surface area contributed by atoms with Gasteiger partial charge in [-0.2, -0.15) is 0 Å². The molecule has 0 saturated carbocycles. The molecule has 0 aliphatic carbocycles. The predicted molar refractivity (Wildman–Crippen MR) is 313 cm³/mol. The molecule has 3 aliphatic heterocycles. The summed E-state index contributed by atoms with van der Waals surface area (Å²) in [6, 6.07) is 19.5. The largest absolute Gasteiger partial charge is 0.391 e. The highest BCUT2D eigenvalue weighted by molar-refractivity contribution is 8.00. The SMILES string of the molecule is CC(=O)N1c2ccc(-c3ccc(C(=O)NC[C@H]4NC(=O)CNC(=O)[C@@H](c5ccc(-c6scnc6C)cc5)NC(=O)[C@@H]5C[C@@H](O)CN5C(=O)[C@H](C(C)(C)C)NC(=O)CSC[C@H](C(N)=O)NC4=O)cc3)cc2[C@H](Nc2ccc(Cl)cc2)C[C@@H]1C. The Morgan fingerprint density at radius 1 is 0.829 bits per heavy atom. The van der Waals surface area contributed by atoms with Gasteiger partial charge in [-0.05, 0) is 102 Å². The molecule has 82 heavy (non-hydrogen) atoms. The lowest BCUT2D eigenvalue weighted by molar-refractivity contribution is -0.144. The van der Waals surface area contributed by atoms with E-state index in [1.54, 1.807) is 91.8 Å². The number of halogens is 1. The summed E-state index contributed by atoms with van der Waals surface area (Å²) in [6.07, 6.45) is -0.669. The summed E-state index contributed by atoms with van der Waals surface area (Å²) in [5.41, 5.74) is 12.7. The third-order valence-electron chi connectivity index (χ3n) is 14.5. The standard InChI is InChI=1S/C58H66ClN11O10S2/c1-30-21-42(64-39-18-16-38(59)17-19-39)41-22-37(15-20-45(41)70(30)32(3)71)33-7-13-36(14-8-33)53(76)61-24-43-54(77)66-44(52(60)75)27-81-28-48(74)67-51(58(4,5)6)57(80)69-26-40(72)23-46(69)55(78)68-49(56(79)62-25-47(73)65-43)34-9-11-35(12-10-34)50-31(2)63-29-82-50/h7-20,22,29-30,40,42-44,46,49,51,64,72H,21,23-28H2,1-6H3,(H2,60,75)(H,61,76)(H,62,79)(H,65,73)(H,66,77)(H,67,74)(H,68,78)/t30-,40+,42+,43+,44+,46-,49+,51+/m0/s1. The summed E-state index contributed by atoms with van der Waals surface area (Å²) in [6.45, 7) is 9.05. The lowest BCUT2D eigenvalue weighted by atomic mass is 9.85. The van der Waals surface area contributed by atoms with Crippen molar-refractivity contribution in [1.29, 1.82) is 0 Å². The maximum absolute atomic E-state index is 14.4. The first kappa shape index (κ1) is 60.2. The topological polar surface area (TPSA) is 303 Å². The smallest absolute Gasteiger partial charge is 0.251 e. The van der Waals surface area contributed by atoms with E-state index in [0.29, 0.717) is 17.0 Å².